The molecule has 2 rings (SSSR count). The van der Waals surface area contributed by atoms with E-state index in [1.165, 1.54) is 6.07 Å². The fraction of sp³-hybridized carbons (Fsp3) is 0.462. The van der Waals surface area contributed by atoms with E-state index in [9.17, 15) is 9.18 Å². The molecule has 0 aliphatic heterocycles. The van der Waals surface area contributed by atoms with Crippen LogP contribution in [0.5, 0.6) is 0 Å². The van der Waals surface area contributed by atoms with Gasteiger partial charge in [-0.15, -0.1) is 0 Å². The number of carboxylic acids is 1. The van der Waals surface area contributed by atoms with Crippen LogP contribution in [-0.4, -0.2) is 16.8 Å². The molecule has 5 heteroatoms. The summed E-state index contributed by atoms with van der Waals surface area (Å²) in [5, 5.41) is 8.82. The highest BCUT2D eigenvalue weighted by molar-refractivity contribution is 9.10. The molecule has 0 bridgehead atoms. The van der Waals surface area contributed by atoms with Crippen molar-refractivity contribution >= 4 is 33.7 Å². The summed E-state index contributed by atoms with van der Waals surface area (Å²) < 4.78 is 13.5. The molecule has 1 aromatic rings. The third kappa shape index (κ3) is 3.72. The molecule has 1 fully saturated rings. The maximum atomic E-state index is 13.0. The first-order chi connectivity index (χ1) is 8.51. The molecule has 18 heavy (non-hydrogen) atoms. The van der Waals surface area contributed by atoms with Gasteiger partial charge < -0.3 is 5.11 Å². The van der Waals surface area contributed by atoms with Crippen molar-refractivity contribution < 1.29 is 14.3 Å². The first kappa shape index (κ1) is 13.9. The number of carboxylic acid groups (broad SMARTS) is 1. The van der Waals surface area contributed by atoms with Crippen molar-refractivity contribution in [2.24, 2.45) is 5.41 Å². The van der Waals surface area contributed by atoms with Crippen molar-refractivity contribution in [3.63, 3.8) is 0 Å². The summed E-state index contributed by atoms with van der Waals surface area (Å²) in [4.78, 5) is 10.7. The number of carbonyl (C=O) groups is 1. The average molecular weight is 333 g/mol. The monoisotopic (exact) mass is 332 g/mol. The zero-order chi connectivity index (χ0) is 13.2. The molecule has 1 saturated carbocycles. The minimum Gasteiger partial charge on any atom is -0.481 e. The van der Waals surface area contributed by atoms with E-state index in [2.05, 4.69) is 15.9 Å². The highest BCUT2D eigenvalue weighted by Crippen LogP contribution is 2.51. The molecule has 0 spiro atoms. The van der Waals surface area contributed by atoms with Gasteiger partial charge in [-0.3, -0.25) is 4.79 Å². The van der Waals surface area contributed by atoms with E-state index in [4.69, 9.17) is 5.11 Å². The Labute approximate surface area is 118 Å². The third-order valence-electron chi connectivity index (χ3n) is 3.14. The van der Waals surface area contributed by atoms with E-state index < -0.39 is 5.97 Å². The van der Waals surface area contributed by atoms with E-state index in [0.29, 0.717) is 4.47 Å². The molecule has 2 nitrogen and oxygen atoms in total. The molecule has 0 unspecified atom stereocenters. The standard InChI is InChI=1S/C13H14BrFO2S/c14-10-5-9(1-2-11(10)15)7-18-8-13(3-4-13)6-12(16)17/h1-2,5H,3-4,6-8H2,(H,16,17). The fourth-order valence-corrected chi connectivity index (χ4v) is 3.65. The van der Waals surface area contributed by atoms with E-state index >= 15 is 0 Å². The zero-order valence-electron chi connectivity index (χ0n) is 9.79. The molecular weight excluding hydrogens is 319 g/mol. The van der Waals surface area contributed by atoms with Crippen molar-refractivity contribution in [1.29, 1.82) is 0 Å². The van der Waals surface area contributed by atoms with Crippen LogP contribution in [-0.2, 0) is 10.5 Å². The van der Waals surface area contributed by atoms with Gasteiger partial charge in [0.25, 0.3) is 0 Å². The number of aliphatic carboxylic acids is 1. The van der Waals surface area contributed by atoms with Crippen LogP contribution in [0.4, 0.5) is 4.39 Å². The van der Waals surface area contributed by atoms with E-state index in [0.717, 1.165) is 29.9 Å². The molecule has 98 valence electrons. The Morgan fingerprint density at radius 2 is 2.22 bits per heavy atom. The topological polar surface area (TPSA) is 37.3 Å². The summed E-state index contributed by atoms with van der Waals surface area (Å²) in [7, 11) is 0. The van der Waals surface area contributed by atoms with Gasteiger partial charge in [-0.25, -0.2) is 4.39 Å². The predicted octanol–water partition coefficient (Wildman–Crippen LogP) is 4.08. The Morgan fingerprint density at radius 1 is 1.50 bits per heavy atom. The van der Waals surface area contributed by atoms with Crippen LogP contribution in [0.25, 0.3) is 0 Å². The molecule has 1 aliphatic rings. The molecule has 0 radical (unpaired) electrons. The number of hydrogen-bond acceptors (Lipinski definition) is 2. The van der Waals surface area contributed by atoms with Gasteiger partial charge in [-0.1, -0.05) is 6.07 Å². The number of hydrogen-bond donors (Lipinski definition) is 1. The highest BCUT2D eigenvalue weighted by Gasteiger charge is 2.43. The van der Waals surface area contributed by atoms with Crippen LogP contribution in [0.15, 0.2) is 22.7 Å². The van der Waals surface area contributed by atoms with E-state index in [-0.39, 0.29) is 17.7 Å². The maximum Gasteiger partial charge on any atom is 0.303 e. The summed E-state index contributed by atoms with van der Waals surface area (Å²) in [6.45, 7) is 0. The molecular formula is C13H14BrFO2S. The highest BCUT2D eigenvalue weighted by atomic mass is 79.9. The summed E-state index contributed by atoms with van der Waals surface area (Å²) >= 11 is 4.89. The zero-order valence-corrected chi connectivity index (χ0v) is 12.2. The van der Waals surface area contributed by atoms with Gasteiger partial charge in [-0.05, 0) is 57.6 Å². The number of thioether (sulfide) groups is 1. The second-order valence-electron chi connectivity index (χ2n) is 4.81. The SMILES string of the molecule is O=C(O)CC1(CSCc2ccc(F)c(Br)c2)CC1. The molecule has 0 heterocycles. The minimum absolute atomic E-state index is 0.0216. The van der Waals surface area contributed by atoms with Crippen molar-refractivity contribution in [3.8, 4) is 0 Å². The normalized spacial score (nSPS) is 16.6. The summed E-state index contributed by atoms with van der Waals surface area (Å²) in [5.41, 5.74) is 1.08. The summed E-state index contributed by atoms with van der Waals surface area (Å²) in [5.74, 6) is 0.695. The third-order valence-corrected chi connectivity index (χ3v) is 5.11. The predicted molar refractivity (Wildman–Crippen MR) is 74.2 cm³/mol. The Balaban J connectivity index is 1.82. The molecule has 1 aliphatic carbocycles. The molecule has 0 amide bonds. The summed E-state index contributed by atoms with van der Waals surface area (Å²) in [6.07, 6.45) is 2.30. The number of halogens is 2. The minimum atomic E-state index is -0.711. The van der Waals surface area contributed by atoms with Crippen LogP contribution in [0.2, 0.25) is 0 Å². The van der Waals surface area contributed by atoms with Gasteiger partial charge >= 0.3 is 5.97 Å². The Hall–Kier alpha value is -0.550. The average Bonchev–Trinajstić information content (AvgIpc) is 3.02. The first-order valence-corrected chi connectivity index (χ1v) is 7.69. The number of rotatable bonds is 6. The molecule has 0 atom stereocenters. The van der Waals surface area contributed by atoms with Crippen LogP contribution >= 0.6 is 27.7 Å². The maximum absolute atomic E-state index is 13.0. The lowest BCUT2D eigenvalue weighted by molar-refractivity contribution is -0.138. The smallest absolute Gasteiger partial charge is 0.303 e. The Bertz CT molecular complexity index is 460. The Morgan fingerprint density at radius 3 is 2.78 bits per heavy atom. The summed E-state index contributed by atoms with van der Waals surface area (Å²) in [6, 6.07) is 4.99. The van der Waals surface area contributed by atoms with E-state index in [1.807, 2.05) is 0 Å². The van der Waals surface area contributed by atoms with Gasteiger partial charge in [0.15, 0.2) is 0 Å². The van der Waals surface area contributed by atoms with Crippen molar-refractivity contribution in [2.75, 3.05) is 5.75 Å². The second-order valence-corrected chi connectivity index (χ2v) is 6.65. The molecule has 0 saturated heterocycles. The molecule has 1 N–H and O–H groups in total. The van der Waals surface area contributed by atoms with Crippen molar-refractivity contribution in [2.45, 2.75) is 25.0 Å². The van der Waals surface area contributed by atoms with Crippen molar-refractivity contribution in [1.82, 2.24) is 0 Å². The van der Waals surface area contributed by atoms with Gasteiger partial charge in [0.2, 0.25) is 0 Å². The van der Waals surface area contributed by atoms with Crippen LogP contribution in [0, 0.1) is 11.2 Å². The largest absolute Gasteiger partial charge is 0.481 e. The Kier molecular flexibility index (Phi) is 4.33. The first-order valence-electron chi connectivity index (χ1n) is 5.74. The fourth-order valence-electron chi connectivity index (χ4n) is 1.88. The van der Waals surface area contributed by atoms with Gasteiger partial charge in [0, 0.05) is 5.75 Å². The quantitative estimate of drug-likeness (QED) is 0.852. The van der Waals surface area contributed by atoms with Gasteiger partial charge in [0.05, 0.1) is 10.9 Å². The van der Waals surface area contributed by atoms with Crippen LogP contribution in [0.1, 0.15) is 24.8 Å². The molecule has 0 aromatic heterocycles. The van der Waals surface area contributed by atoms with Crippen LogP contribution in [0.3, 0.4) is 0 Å². The van der Waals surface area contributed by atoms with E-state index in [1.54, 1.807) is 23.9 Å². The van der Waals surface area contributed by atoms with Gasteiger partial charge in [-0.2, -0.15) is 11.8 Å². The van der Waals surface area contributed by atoms with Gasteiger partial charge in [0.1, 0.15) is 5.82 Å². The lowest BCUT2D eigenvalue weighted by atomic mass is 10.1. The second kappa shape index (κ2) is 5.61. The van der Waals surface area contributed by atoms with Crippen molar-refractivity contribution in [3.05, 3.63) is 34.1 Å². The van der Waals surface area contributed by atoms with Crippen LogP contribution < -0.4 is 0 Å². The lowest BCUT2D eigenvalue weighted by Gasteiger charge is -2.11. The lowest BCUT2D eigenvalue weighted by Crippen LogP contribution is -2.11. The molecule has 1 aromatic carbocycles. The number of benzene rings is 1.